The van der Waals surface area contributed by atoms with Crippen LogP contribution in [0.15, 0.2) is 59.5 Å². The number of aryl methyl sites for hydroxylation is 1. The Balaban J connectivity index is 0.878. The van der Waals surface area contributed by atoms with Crippen LogP contribution in [0, 0.1) is 5.92 Å². The Kier molecular flexibility index (Phi) is 8.88. The number of piperidine rings is 2. The zero-order valence-corrected chi connectivity index (χ0v) is 29.5. The van der Waals surface area contributed by atoms with Crippen LogP contribution >= 0.6 is 11.6 Å². The molecule has 1 unspecified atom stereocenters. The number of carbonyl (C=O) groups excluding carboxylic acids is 3. The number of halogens is 4. The third-order valence-corrected chi connectivity index (χ3v) is 11.2. The zero-order chi connectivity index (χ0) is 37.2. The number of likely N-dealkylation sites (tertiary alicyclic amines) is 1. The molecule has 2 saturated heterocycles. The predicted octanol–water partition coefficient (Wildman–Crippen LogP) is 5.82. The number of hydrogen-bond donors (Lipinski definition) is 2. The van der Waals surface area contributed by atoms with Crippen LogP contribution in [0.3, 0.4) is 0 Å². The molecule has 1 atom stereocenters. The van der Waals surface area contributed by atoms with Gasteiger partial charge in [0, 0.05) is 31.6 Å². The van der Waals surface area contributed by atoms with Gasteiger partial charge in [-0.05, 0) is 92.9 Å². The number of benzene rings is 2. The molecule has 53 heavy (non-hydrogen) atoms. The van der Waals surface area contributed by atoms with E-state index in [2.05, 4.69) is 26.6 Å². The minimum atomic E-state index is -4.67. The highest BCUT2D eigenvalue weighted by Gasteiger charge is 2.36. The van der Waals surface area contributed by atoms with Crippen molar-refractivity contribution in [3.05, 3.63) is 87.2 Å². The first-order valence-corrected chi connectivity index (χ1v) is 18.0. The SMILES string of the molecule is Cn1c(=O)n(C2CCC(=O)NC2=O)c2cccc(C3CCN(CC4CC(n5cc6cc(NC(=O)c7cccc(C(F)(F)F)n7)c(Cl)cc6n5)C4)CC3)c21. The van der Waals surface area contributed by atoms with Crippen LogP contribution in [-0.2, 0) is 22.8 Å². The summed E-state index contributed by atoms with van der Waals surface area (Å²) in [6.45, 7) is 2.83. The van der Waals surface area contributed by atoms with Crippen LogP contribution in [-0.4, -0.2) is 66.2 Å². The molecule has 0 radical (unpaired) electrons. The number of nitrogens with zero attached hydrogens (tertiary/aromatic N) is 6. The number of aromatic nitrogens is 5. The van der Waals surface area contributed by atoms with Crippen LogP contribution in [0.4, 0.5) is 18.9 Å². The number of carbonyl (C=O) groups is 3. The van der Waals surface area contributed by atoms with Crippen LogP contribution < -0.4 is 16.3 Å². The van der Waals surface area contributed by atoms with Gasteiger partial charge in [-0.1, -0.05) is 29.8 Å². The molecular weight excluding hydrogens is 713 g/mol. The van der Waals surface area contributed by atoms with Gasteiger partial charge in [0.15, 0.2) is 0 Å². The van der Waals surface area contributed by atoms with E-state index < -0.39 is 29.7 Å². The van der Waals surface area contributed by atoms with Gasteiger partial charge in [0.2, 0.25) is 11.8 Å². The molecule has 2 aromatic carbocycles. The molecule has 5 aromatic rings. The van der Waals surface area contributed by atoms with Crippen molar-refractivity contribution >= 4 is 56.9 Å². The van der Waals surface area contributed by atoms with E-state index in [1.807, 2.05) is 23.0 Å². The van der Waals surface area contributed by atoms with Crippen molar-refractivity contribution in [1.82, 2.24) is 34.1 Å². The zero-order valence-electron chi connectivity index (χ0n) is 28.7. The second-order valence-corrected chi connectivity index (χ2v) is 14.7. The standard InChI is InChI=1S/C37H36ClF3N8O4/c1-46-33-24(4-2-6-29(33)49(36(46)53)30-8-9-32(50)44-35(30)52)21-10-12-47(13-11-21)18-20-14-23(15-20)48-19-22-16-28(25(38)17-27(22)45-48)43-34(51)26-5-3-7-31(42-26)37(39,40)41/h2-7,16-17,19-21,23,30H,8-15,18H2,1H3,(H,43,51)(H,44,50,52). The van der Waals surface area contributed by atoms with Crippen molar-refractivity contribution in [3.8, 4) is 0 Å². The first-order valence-electron chi connectivity index (χ1n) is 17.6. The molecule has 276 valence electrons. The molecule has 3 fully saturated rings. The summed E-state index contributed by atoms with van der Waals surface area (Å²) in [5.74, 6) is -0.780. The van der Waals surface area contributed by atoms with Crippen molar-refractivity contribution in [2.24, 2.45) is 13.0 Å². The highest BCUT2D eigenvalue weighted by Crippen LogP contribution is 2.41. The number of anilines is 1. The van der Waals surface area contributed by atoms with Crippen LogP contribution in [0.1, 0.15) is 78.3 Å². The maximum Gasteiger partial charge on any atom is 0.433 e. The lowest BCUT2D eigenvalue weighted by Gasteiger charge is -2.41. The van der Waals surface area contributed by atoms with Crippen LogP contribution in [0.25, 0.3) is 21.9 Å². The van der Waals surface area contributed by atoms with Gasteiger partial charge in [0.25, 0.3) is 5.91 Å². The minimum absolute atomic E-state index is 0.199. The van der Waals surface area contributed by atoms with E-state index in [0.29, 0.717) is 17.9 Å². The van der Waals surface area contributed by atoms with Crippen molar-refractivity contribution < 1.29 is 27.6 Å². The summed E-state index contributed by atoms with van der Waals surface area (Å²) in [4.78, 5) is 56.5. The lowest BCUT2D eigenvalue weighted by atomic mass is 9.79. The molecule has 2 N–H and O–H groups in total. The number of rotatable bonds is 7. The number of pyridine rings is 1. The molecule has 5 heterocycles. The van der Waals surface area contributed by atoms with Crippen molar-refractivity contribution in [2.75, 3.05) is 25.0 Å². The number of nitrogens with one attached hydrogen (secondary N) is 2. The maximum atomic E-state index is 13.4. The molecule has 8 rings (SSSR count). The number of alkyl halides is 3. The van der Waals surface area contributed by atoms with Gasteiger partial charge in [-0.2, -0.15) is 18.3 Å². The van der Waals surface area contributed by atoms with Gasteiger partial charge in [-0.3, -0.25) is 33.5 Å². The minimum Gasteiger partial charge on any atom is -0.319 e. The third-order valence-electron chi connectivity index (χ3n) is 10.9. The second kappa shape index (κ2) is 13.4. The fourth-order valence-corrected chi connectivity index (χ4v) is 8.34. The van der Waals surface area contributed by atoms with E-state index in [1.165, 1.54) is 6.07 Å². The van der Waals surface area contributed by atoms with Crippen LogP contribution in [0.5, 0.6) is 0 Å². The third kappa shape index (κ3) is 6.60. The summed E-state index contributed by atoms with van der Waals surface area (Å²) in [7, 11) is 1.75. The van der Waals surface area contributed by atoms with E-state index in [1.54, 1.807) is 28.3 Å². The van der Waals surface area contributed by atoms with Crippen molar-refractivity contribution in [1.29, 1.82) is 0 Å². The molecule has 1 saturated carbocycles. The highest BCUT2D eigenvalue weighted by molar-refractivity contribution is 6.34. The Hall–Kier alpha value is -5.02. The maximum absolute atomic E-state index is 13.4. The molecule has 0 spiro atoms. The van der Waals surface area contributed by atoms with Gasteiger partial charge >= 0.3 is 11.9 Å². The predicted molar refractivity (Wildman–Crippen MR) is 191 cm³/mol. The average Bonchev–Trinajstić information content (AvgIpc) is 3.63. The van der Waals surface area contributed by atoms with Crippen molar-refractivity contribution in [3.63, 3.8) is 0 Å². The van der Waals surface area contributed by atoms with E-state index >= 15 is 0 Å². The Labute approximate surface area is 305 Å². The monoisotopic (exact) mass is 748 g/mol. The second-order valence-electron chi connectivity index (χ2n) is 14.3. The molecule has 12 nitrogen and oxygen atoms in total. The van der Waals surface area contributed by atoms with Gasteiger partial charge < -0.3 is 10.2 Å². The molecule has 2 aliphatic heterocycles. The molecular formula is C37H36ClF3N8O4. The van der Waals surface area contributed by atoms with E-state index in [9.17, 15) is 32.3 Å². The van der Waals surface area contributed by atoms with E-state index in [0.717, 1.165) is 79.4 Å². The number of hydrogen-bond acceptors (Lipinski definition) is 7. The van der Waals surface area contributed by atoms with Gasteiger partial charge in [-0.25, -0.2) is 9.78 Å². The Bertz CT molecular complexity index is 2340. The molecule has 1 aliphatic carbocycles. The van der Waals surface area contributed by atoms with Crippen LogP contribution in [0.2, 0.25) is 5.02 Å². The van der Waals surface area contributed by atoms with E-state index in [-0.39, 0.29) is 46.4 Å². The first kappa shape index (κ1) is 35.0. The number of para-hydroxylation sites is 1. The molecule has 3 amide bonds. The Morgan fingerprint density at radius 2 is 1.79 bits per heavy atom. The lowest BCUT2D eigenvalue weighted by Crippen LogP contribution is -2.44. The molecule has 0 bridgehead atoms. The molecule has 3 aliphatic rings. The summed E-state index contributed by atoms with van der Waals surface area (Å²) >= 11 is 6.43. The largest absolute Gasteiger partial charge is 0.433 e. The highest BCUT2D eigenvalue weighted by atomic mass is 35.5. The fourth-order valence-electron chi connectivity index (χ4n) is 8.14. The quantitative estimate of drug-likeness (QED) is 0.200. The number of imide groups is 1. The Morgan fingerprint density at radius 3 is 2.53 bits per heavy atom. The topological polar surface area (TPSA) is 136 Å². The first-order chi connectivity index (χ1) is 25.3. The van der Waals surface area contributed by atoms with Gasteiger partial charge in [0.05, 0.1) is 33.3 Å². The summed E-state index contributed by atoms with van der Waals surface area (Å²) in [5.41, 5.74) is 1.79. The normalized spacial score (nSPS) is 21.6. The summed E-state index contributed by atoms with van der Waals surface area (Å²) in [5, 5.41) is 10.6. The smallest absolute Gasteiger partial charge is 0.319 e. The number of amides is 3. The van der Waals surface area contributed by atoms with Gasteiger partial charge in [-0.15, -0.1) is 0 Å². The number of fused-ring (bicyclic) bond motifs is 2. The lowest BCUT2D eigenvalue weighted by molar-refractivity contribution is -0.141. The fraction of sp³-hybridized carbons (Fsp3) is 0.405. The summed E-state index contributed by atoms with van der Waals surface area (Å²) in [6.07, 6.45) is 1.54. The molecule has 16 heteroatoms. The van der Waals surface area contributed by atoms with Gasteiger partial charge in [0.1, 0.15) is 17.4 Å². The summed E-state index contributed by atoms with van der Waals surface area (Å²) < 4.78 is 44.4. The molecule has 3 aromatic heterocycles. The summed E-state index contributed by atoms with van der Waals surface area (Å²) in [6, 6.07) is 11.8. The van der Waals surface area contributed by atoms with Crippen molar-refractivity contribution in [2.45, 2.75) is 62.7 Å². The Morgan fingerprint density at radius 1 is 1.04 bits per heavy atom. The van der Waals surface area contributed by atoms with E-state index in [4.69, 9.17) is 16.7 Å². The average molecular weight is 749 g/mol. The number of imidazole rings is 1.